The summed E-state index contributed by atoms with van der Waals surface area (Å²) in [5, 5.41) is 3.05. The second-order valence-corrected chi connectivity index (χ2v) is 6.24. The predicted octanol–water partition coefficient (Wildman–Crippen LogP) is 3.12. The number of nitrogens with zero attached hydrogens (tertiary/aromatic N) is 1. The lowest BCUT2D eigenvalue weighted by atomic mass is 10.1. The van der Waals surface area contributed by atoms with Gasteiger partial charge in [0.05, 0.1) is 12.3 Å². The first-order valence-corrected chi connectivity index (χ1v) is 8.62. The number of rotatable bonds is 6. The van der Waals surface area contributed by atoms with Gasteiger partial charge >= 0.3 is 0 Å². The number of piperidine rings is 1. The summed E-state index contributed by atoms with van der Waals surface area (Å²) in [7, 11) is 0. The number of amides is 1. The van der Waals surface area contributed by atoms with Gasteiger partial charge in [-0.05, 0) is 55.8 Å². The average Bonchev–Trinajstić information content (AvgIpc) is 3.17. The van der Waals surface area contributed by atoms with Gasteiger partial charge in [0, 0.05) is 18.7 Å². The fourth-order valence-electron chi connectivity index (χ4n) is 3.20. The van der Waals surface area contributed by atoms with Crippen molar-refractivity contribution in [2.24, 2.45) is 5.73 Å². The molecule has 2 heterocycles. The number of furan rings is 1. The summed E-state index contributed by atoms with van der Waals surface area (Å²) in [5.74, 6) is 0.850. The van der Waals surface area contributed by atoms with Crippen LogP contribution in [0.15, 0.2) is 47.1 Å². The van der Waals surface area contributed by atoms with Crippen LogP contribution in [0, 0.1) is 0 Å². The van der Waals surface area contributed by atoms with Crippen LogP contribution in [0.25, 0.3) is 0 Å². The molecule has 1 fully saturated rings. The third-order valence-corrected chi connectivity index (χ3v) is 4.61. The molecule has 136 valence electrons. The number of benzene rings is 1. The van der Waals surface area contributed by atoms with Gasteiger partial charge in [-0.15, -0.1) is 12.4 Å². The van der Waals surface area contributed by atoms with Gasteiger partial charge in [0.1, 0.15) is 5.76 Å². The van der Waals surface area contributed by atoms with E-state index in [-0.39, 0.29) is 24.4 Å². The maximum Gasteiger partial charge on any atom is 0.251 e. The van der Waals surface area contributed by atoms with Gasteiger partial charge in [0.2, 0.25) is 0 Å². The van der Waals surface area contributed by atoms with Gasteiger partial charge in [0.25, 0.3) is 5.91 Å². The normalized spacial score (nSPS) is 16.0. The Labute approximate surface area is 155 Å². The molecule has 25 heavy (non-hydrogen) atoms. The van der Waals surface area contributed by atoms with E-state index in [2.05, 4.69) is 10.2 Å². The zero-order valence-electron chi connectivity index (χ0n) is 14.3. The smallest absolute Gasteiger partial charge is 0.251 e. The SMILES string of the molecule is Cl.NCc1ccc(C(=O)NCC(c2ccco2)N2CCCCC2)cc1. The number of hydrogen-bond donors (Lipinski definition) is 2. The van der Waals surface area contributed by atoms with Crippen LogP contribution >= 0.6 is 12.4 Å². The minimum atomic E-state index is -0.0628. The third kappa shape index (κ3) is 5.08. The van der Waals surface area contributed by atoms with Gasteiger partial charge < -0.3 is 15.5 Å². The van der Waals surface area contributed by atoms with E-state index in [1.165, 1.54) is 19.3 Å². The van der Waals surface area contributed by atoms with E-state index < -0.39 is 0 Å². The Balaban J connectivity index is 0.00000225. The van der Waals surface area contributed by atoms with Crippen LogP contribution in [0.3, 0.4) is 0 Å². The van der Waals surface area contributed by atoms with E-state index >= 15 is 0 Å². The summed E-state index contributed by atoms with van der Waals surface area (Å²) in [5.41, 5.74) is 7.27. The first-order valence-electron chi connectivity index (χ1n) is 8.62. The van der Waals surface area contributed by atoms with Crippen molar-refractivity contribution >= 4 is 18.3 Å². The average molecular weight is 364 g/mol. The van der Waals surface area contributed by atoms with E-state index in [1.54, 1.807) is 6.26 Å². The van der Waals surface area contributed by atoms with Crippen LogP contribution in [0.5, 0.6) is 0 Å². The van der Waals surface area contributed by atoms with E-state index in [9.17, 15) is 4.79 Å². The van der Waals surface area contributed by atoms with E-state index in [4.69, 9.17) is 10.2 Å². The second kappa shape index (κ2) is 9.61. The van der Waals surface area contributed by atoms with E-state index in [1.807, 2.05) is 36.4 Å². The van der Waals surface area contributed by atoms with Crippen molar-refractivity contribution < 1.29 is 9.21 Å². The van der Waals surface area contributed by atoms with E-state index in [0.29, 0.717) is 18.7 Å². The molecular formula is C19H26ClN3O2. The Morgan fingerprint density at radius 3 is 2.48 bits per heavy atom. The second-order valence-electron chi connectivity index (χ2n) is 6.24. The largest absolute Gasteiger partial charge is 0.468 e. The van der Waals surface area contributed by atoms with Crippen molar-refractivity contribution in [3.8, 4) is 0 Å². The summed E-state index contributed by atoms with van der Waals surface area (Å²) < 4.78 is 5.61. The Morgan fingerprint density at radius 2 is 1.88 bits per heavy atom. The molecule has 1 aliphatic heterocycles. The number of nitrogens with one attached hydrogen (secondary N) is 1. The summed E-state index contributed by atoms with van der Waals surface area (Å²) in [6, 6.07) is 11.4. The van der Waals surface area contributed by atoms with Crippen molar-refractivity contribution in [1.82, 2.24) is 10.2 Å². The molecule has 3 rings (SSSR count). The molecule has 6 heteroatoms. The van der Waals surface area contributed by atoms with Gasteiger partial charge in [-0.25, -0.2) is 0 Å². The van der Waals surface area contributed by atoms with E-state index in [0.717, 1.165) is 24.4 Å². The van der Waals surface area contributed by atoms with Crippen molar-refractivity contribution in [3.63, 3.8) is 0 Å². The maximum atomic E-state index is 12.4. The predicted molar refractivity (Wildman–Crippen MR) is 101 cm³/mol. The number of carbonyl (C=O) groups is 1. The topological polar surface area (TPSA) is 71.5 Å². The van der Waals surface area contributed by atoms with Gasteiger partial charge in [0.15, 0.2) is 0 Å². The number of hydrogen-bond acceptors (Lipinski definition) is 4. The summed E-state index contributed by atoms with van der Waals surface area (Å²) in [4.78, 5) is 14.8. The molecule has 0 aliphatic carbocycles. The van der Waals surface area contributed by atoms with Crippen LogP contribution in [-0.2, 0) is 6.54 Å². The highest BCUT2D eigenvalue weighted by Crippen LogP contribution is 2.24. The molecule has 5 nitrogen and oxygen atoms in total. The molecule has 0 saturated carbocycles. The summed E-state index contributed by atoms with van der Waals surface area (Å²) in [6.45, 7) is 3.13. The number of carbonyl (C=O) groups excluding carboxylic acids is 1. The molecule has 0 bridgehead atoms. The van der Waals surface area contributed by atoms with Crippen LogP contribution in [0.4, 0.5) is 0 Å². The first-order chi connectivity index (χ1) is 11.8. The maximum absolute atomic E-state index is 12.4. The highest BCUT2D eigenvalue weighted by atomic mass is 35.5. The molecule has 2 aromatic rings. The Bertz CT molecular complexity index is 637. The van der Waals surface area contributed by atoms with Crippen LogP contribution < -0.4 is 11.1 Å². The number of nitrogens with two attached hydrogens (primary N) is 1. The molecule has 3 N–H and O–H groups in total. The lowest BCUT2D eigenvalue weighted by Gasteiger charge is -2.33. The molecule has 0 spiro atoms. The van der Waals surface area contributed by atoms with Crippen LogP contribution in [-0.4, -0.2) is 30.4 Å². The van der Waals surface area contributed by atoms with Crippen LogP contribution in [0.2, 0.25) is 0 Å². The minimum absolute atomic E-state index is 0. The Hall–Kier alpha value is -1.82. The van der Waals surface area contributed by atoms with Crippen molar-refractivity contribution in [2.75, 3.05) is 19.6 Å². The molecule has 0 radical (unpaired) electrons. The van der Waals surface area contributed by atoms with Gasteiger partial charge in [-0.2, -0.15) is 0 Å². The zero-order valence-corrected chi connectivity index (χ0v) is 15.1. The molecule has 1 unspecified atom stereocenters. The number of likely N-dealkylation sites (tertiary alicyclic amines) is 1. The van der Waals surface area contributed by atoms with Gasteiger partial charge in [-0.3, -0.25) is 9.69 Å². The fourth-order valence-corrected chi connectivity index (χ4v) is 3.20. The fraction of sp³-hybridized carbons (Fsp3) is 0.421. The molecule has 1 aromatic heterocycles. The molecular weight excluding hydrogens is 338 g/mol. The first kappa shape index (κ1) is 19.5. The highest BCUT2D eigenvalue weighted by molar-refractivity contribution is 5.94. The monoisotopic (exact) mass is 363 g/mol. The molecule has 1 saturated heterocycles. The number of halogens is 1. The molecule has 1 atom stereocenters. The quantitative estimate of drug-likeness (QED) is 0.827. The summed E-state index contributed by atoms with van der Waals surface area (Å²) >= 11 is 0. The van der Waals surface area contributed by atoms with Crippen LogP contribution in [0.1, 0.15) is 47.0 Å². The Morgan fingerprint density at radius 1 is 1.16 bits per heavy atom. The molecule has 1 aliphatic rings. The van der Waals surface area contributed by atoms with Crippen molar-refractivity contribution in [1.29, 1.82) is 0 Å². The van der Waals surface area contributed by atoms with Crippen molar-refractivity contribution in [2.45, 2.75) is 31.8 Å². The van der Waals surface area contributed by atoms with Crippen molar-refractivity contribution in [3.05, 3.63) is 59.5 Å². The highest BCUT2D eigenvalue weighted by Gasteiger charge is 2.25. The summed E-state index contributed by atoms with van der Waals surface area (Å²) in [6.07, 6.45) is 5.37. The molecule has 1 aromatic carbocycles. The molecule has 1 amide bonds. The lowest BCUT2D eigenvalue weighted by Crippen LogP contribution is -2.40. The zero-order chi connectivity index (χ0) is 16.8. The van der Waals surface area contributed by atoms with Gasteiger partial charge in [-0.1, -0.05) is 18.6 Å². The minimum Gasteiger partial charge on any atom is -0.468 e. The third-order valence-electron chi connectivity index (χ3n) is 4.61. The Kier molecular flexibility index (Phi) is 7.50. The lowest BCUT2D eigenvalue weighted by molar-refractivity contribution is 0.0914. The standard InChI is InChI=1S/C19H25N3O2.ClH/c20-13-15-6-8-16(9-7-15)19(23)21-14-17(18-5-4-12-24-18)22-10-2-1-3-11-22;/h4-9,12,17H,1-3,10-11,13-14,20H2,(H,21,23);1H.